The molecule has 1 fully saturated rings. The fraction of sp³-hybridized carbons (Fsp3) is 0.333. The molecule has 0 bridgehead atoms. The quantitative estimate of drug-likeness (QED) is 0.473. The van der Waals surface area contributed by atoms with Gasteiger partial charge >= 0.3 is 0 Å². The van der Waals surface area contributed by atoms with Crippen molar-refractivity contribution >= 4 is 17.5 Å². The molecule has 1 aliphatic carbocycles. The molecule has 1 heterocycles. The molecule has 3 aromatic rings. The van der Waals surface area contributed by atoms with Gasteiger partial charge in [0, 0.05) is 29.4 Å². The molecule has 4 heteroatoms. The van der Waals surface area contributed by atoms with Crippen molar-refractivity contribution in [3.05, 3.63) is 89.0 Å². The van der Waals surface area contributed by atoms with Crippen LogP contribution in [-0.4, -0.2) is 22.8 Å². The first-order valence-corrected chi connectivity index (χ1v) is 12.3. The lowest BCUT2D eigenvalue weighted by Gasteiger charge is -2.23. The first-order valence-electron chi connectivity index (χ1n) is 12.3. The summed E-state index contributed by atoms with van der Waals surface area (Å²) in [6.45, 7) is 7.21. The summed E-state index contributed by atoms with van der Waals surface area (Å²) in [5, 5.41) is 2.98. The van der Waals surface area contributed by atoms with Gasteiger partial charge in [-0.3, -0.25) is 9.59 Å². The molecule has 2 amide bonds. The maximum atomic E-state index is 13.0. The van der Waals surface area contributed by atoms with E-state index in [-0.39, 0.29) is 17.2 Å². The molecule has 1 saturated carbocycles. The maximum absolute atomic E-state index is 13.0. The van der Waals surface area contributed by atoms with E-state index in [1.165, 1.54) is 18.4 Å². The minimum atomic E-state index is -0.122. The molecule has 0 atom stereocenters. The second kappa shape index (κ2) is 8.75. The molecule has 174 valence electrons. The molecule has 1 aliphatic heterocycles. The summed E-state index contributed by atoms with van der Waals surface area (Å²) in [6, 6.07) is 22.2. The molecule has 4 nitrogen and oxygen atoms in total. The number of nitrogens with one attached hydrogen (secondary N) is 1. The van der Waals surface area contributed by atoms with Crippen LogP contribution in [0, 0.1) is 0 Å². The fourth-order valence-corrected chi connectivity index (χ4v) is 5.08. The van der Waals surface area contributed by atoms with Crippen molar-refractivity contribution in [2.75, 3.05) is 5.32 Å². The summed E-state index contributed by atoms with van der Waals surface area (Å²) in [4.78, 5) is 27.8. The lowest BCUT2D eigenvalue weighted by atomic mass is 9.87. The Balaban J connectivity index is 1.28. The third-order valence-electron chi connectivity index (χ3n) is 7.20. The summed E-state index contributed by atoms with van der Waals surface area (Å²) in [6.07, 6.45) is 4.70. The highest BCUT2D eigenvalue weighted by Crippen LogP contribution is 2.34. The van der Waals surface area contributed by atoms with Crippen molar-refractivity contribution in [2.45, 2.75) is 64.5 Å². The van der Waals surface area contributed by atoms with Gasteiger partial charge < -0.3 is 10.2 Å². The summed E-state index contributed by atoms with van der Waals surface area (Å²) in [5.41, 5.74) is 6.66. The predicted octanol–water partition coefficient (Wildman–Crippen LogP) is 6.80. The summed E-state index contributed by atoms with van der Waals surface area (Å²) in [5.74, 6) is 0.0495. The van der Waals surface area contributed by atoms with Gasteiger partial charge in [0.25, 0.3) is 11.8 Å². The van der Waals surface area contributed by atoms with Gasteiger partial charge in [0.05, 0.1) is 0 Å². The molecule has 1 N–H and O–H groups in total. The Labute approximate surface area is 202 Å². The van der Waals surface area contributed by atoms with Crippen molar-refractivity contribution in [1.29, 1.82) is 0 Å². The number of hydrogen-bond donors (Lipinski definition) is 1. The predicted molar refractivity (Wildman–Crippen MR) is 137 cm³/mol. The first-order chi connectivity index (χ1) is 16.3. The third-order valence-corrected chi connectivity index (χ3v) is 7.20. The number of hydrogen-bond acceptors (Lipinski definition) is 2. The SMILES string of the molecule is CC(C)(C)c1ccc(C(=O)Nc2ccc(-c3ccc4c(c3)C(=O)N(C3CCCC3)C4)cc2)cc1. The Morgan fingerprint density at radius 3 is 2.18 bits per heavy atom. The number of rotatable bonds is 4. The van der Waals surface area contributed by atoms with Crippen molar-refractivity contribution in [1.82, 2.24) is 4.90 Å². The molecular weight excluding hydrogens is 420 g/mol. The van der Waals surface area contributed by atoms with E-state index >= 15 is 0 Å². The summed E-state index contributed by atoms with van der Waals surface area (Å²) >= 11 is 0. The lowest BCUT2D eigenvalue weighted by molar-refractivity contribution is 0.0706. The van der Waals surface area contributed by atoms with Gasteiger partial charge in [-0.05, 0) is 70.8 Å². The van der Waals surface area contributed by atoms with Crippen molar-refractivity contribution in [2.24, 2.45) is 0 Å². The number of nitrogens with zero attached hydrogens (tertiary/aromatic N) is 1. The van der Waals surface area contributed by atoms with E-state index in [9.17, 15) is 9.59 Å². The zero-order valence-corrected chi connectivity index (χ0v) is 20.2. The highest BCUT2D eigenvalue weighted by atomic mass is 16.2. The van der Waals surface area contributed by atoms with E-state index in [0.717, 1.165) is 47.3 Å². The Hall–Kier alpha value is -3.40. The van der Waals surface area contributed by atoms with E-state index in [0.29, 0.717) is 11.6 Å². The number of carbonyl (C=O) groups is 2. The molecular formula is C30H32N2O2. The second-order valence-corrected chi connectivity index (χ2v) is 10.6. The lowest BCUT2D eigenvalue weighted by Crippen LogP contribution is -2.33. The topological polar surface area (TPSA) is 49.4 Å². The van der Waals surface area contributed by atoms with Crippen LogP contribution in [0.4, 0.5) is 5.69 Å². The maximum Gasteiger partial charge on any atom is 0.255 e. The van der Waals surface area contributed by atoms with Gasteiger partial charge in [-0.1, -0.05) is 70.0 Å². The van der Waals surface area contributed by atoms with Gasteiger partial charge in [-0.15, -0.1) is 0 Å². The largest absolute Gasteiger partial charge is 0.331 e. The normalized spacial score (nSPS) is 16.1. The number of amides is 2. The van der Waals surface area contributed by atoms with E-state index in [1.54, 1.807) is 0 Å². The van der Waals surface area contributed by atoms with Crippen LogP contribution in [0.1, 0.15) is 78.3 Å². The van der Waals surface area contributed by atoms with Gasteiger partial charge in [-0.25, -0.2) is 0 Å². The Bertz CT molecular complexity index is 1210. The van der Waals surface area contributed by atoms with Crippen LogP contribution in [0.2, 0.25) is 0 Å². The number of fused-ring (bicyclic) bond motifs is 1. The first kappa shape index (κ1) is 22.4. The molecule has 0 unspecified atom stereocenters. The van der Waals surface area contributed by atoms with E-state index < -0.39 is 0 Å². The van der Waals surface area contributed by atoms with Crippen LogP contribution >= 0.6 is 0 Å². The van der Waals surface area contributed by atoms with Crippen LogP contribution in [-0.2, 0) is 12.0 Å². The molecule has 5 rings (SSSR count). The van der Waals surface area contributed by atoms with Gasteiger partial charge in [0.2, 0.25) is 0 Å². The minimum Gasteiger partial charge on any atom is -0.331 e. The molecule has 3 aromatic carbocycles. The molecule has 0 aromatic heterocycles. The van der Waals surface area contributed by atoms with Crippen LogP contribution in [0.15, 0.2) is 66.7 Å². The van der Waals surface area contributed by atoms with Crippen molar-refractivity contribution < 1.29 is 9.59 Å². The highest BCUT2D eigenvalue weighted by molar-refractivity contribution is 6.04. The zero-order chi connectivity index (χ0) is 23.9. The monoisotopic (exact) mass is 452 g/mol. The Kier molecular flexibility index (Phi) is 5.76. The number of carbonyl (C=O) groups excluding carboxylic acids is 2. The average Bonchev–Trinajstić information content (AvgIpc) is 3.47. The third kappa shape index (κ3) is 4.37. The Morgan fingerprint density at radius 1 is 0.882 bits per heavy atom. The fourth-order valence-electron chi connectivity index (χ4n) is 5.08. The van der Waals surface area contributed by atoms with E-state index in [2.05, 4.69) is 43.1 Å². The smallest absolute Gasteiger partial charge is 0.255 e. The number of benzene rings is 3. The van der Waals surface area contributed by atoms with Crippen LogP contribution < -0.4 is 5.32 Å². The molecule has 0 radical (unpaired) electrons. The summed E-state index contributed by atoms with van der Waals surface area (Å²) < 4.78 is 0. The van der Waals surface area contributed by atoms with Crippen LogP contribution in [0.5, 0.6) is 0 Å². The van der Waals surface area contributed by atoms with E-state index in [1.807, 2.05) is 54.6 Å². The average molecular weight is 453 g/mol. The van der Waals surface area contributed by atoms with Gasteiger partial charge in [0.15, 0.2) is 0 Å². The van der Waals surface area contributed by atoms with Crippen molar-refractivity contribution in [3.8, 4) is 11.1 Å². The summed E-state index contributed by atoms with van der Waals surface area (Å²) in [7, 11) is 0. The highest BCUT2D eigenvalue weighted by Gasteiger charge is 2.34. The standard InChI is InChI=1S/C30H32N2O2/c1-30(2,3)24-14-10-21(11-15-24)28(33)31-25-16-12-20(13-17-25)22-8-9-23-19-32(26-6-4-5-7-26)29(34)27(23)18-22/h8-18,26H,4-7,19H2,1-3H3,(H,31,33). The second-order valence-electron chi connectivity index (χ2n) is 10.6. The molecule has 0 saturated heterocycles. The molecule has 34 heavy (non-hydrogen) atoms. The van der Waals surface area contributed by atoms with Crippen molar-refractivity contribution in [3.63, 3.8) is 0 Å². The molecule has 2 aliphatic rings. The van der Waals surface area contributed by atoms with Crippen LogP contribution in [0.25, 0.3) is 11.1 Å². The van der Waals surface area contributed by atoms with E-state index in [4.69, 9.17) is 0 Å². The Morgan fingerprint density at radius 2 is 1.53 bits per heavy atom. The minimum absolute atomic E-state index is 0.0573. The molecule has 0 spiro atoms. The zero-order valence-electron chi connectivity index (χ0n) is 20.2. The van der Waals surface area contributed by atoms with Crippen LogP contribution in [0.3, 0.4) is 0 Å². The van der Waals surface area contributed by atoms with Gasteiger partial charge in [0.1, 0.15) is 0 Å². The van der Waals surface area contributed by atoms with Gasteiger partial charge in [-0.2, -0.15) is 0 Å². The number of anilines is 1.